The SMILES string of the molecule is Cc1cccc([C@H](Cc2ccn(C)n2)c2cnc[nH]2)c1C. The van der Waals surface area contributed by atoms with Gasteiger partial charge in [-0.05, 0) is 36.6 Å². The Bertz CT molecular complexity index is 725. The number of rotatable bonds is 4. The zero-order valence-corrected chi connectivity index (χ0v) is 12.7. The van der Waals surface area contributed by atoms with Crippen molar-refractivity contribution >= 4 is 0 Å². The molecule has 0 spiro atoms. The molecule has 1 N–H and O–H groups in total. The quantitative estimate of drug-likeness (QED) is 0.798. The normalized spacial score (nSPS) is 12.5. The molecule has 0 saturated heterocycles. The van der Waals surface area contributed by atoms with Crippen LogP contribution in [0.1, 0.15) is 34.0 Å². The Kier molecular flexibility index (Phi) is 3.60. The monoisotopic (exact) mass is 280 g/mol. The zero-order valence-electron chi connectivity index (χ0n) is 12.7. The van der Waals surface area contributed by atoms with Gasteiger partial charge in [0.2, 0.25) is 0 Å². The smallest absolute Gasteiger partial charge is 0.0921 e. The van der Waals surface area contributed by atoms with Crippen LogP contribution >= 0.6 is 0 Å². The Morgan fingerprint density at radius 2 is 2.10 bits per heavy atom. The number of hydrogen-bond donors (Lipinski definition) is 1. The molecule has 2 aromatic heterocycles. The van der Waals surface area contributed by atoms with Crippen molar-refractivity contribution in [1.82, 2.24) is 19.7 Å². The van der Waals surface area contributed by atoms with Crippen LogP contribution in [-0.4, -0.2) is 19.7 Å². The number of H-pyrrole nitrogens is 1. The van der Waals surface area contributed by atoms with E-state index >= 15 is 0 Å². The summed E-state index contributed by atoms with van der Waals surface area (Å²) in [5.41, 5.74) is 6.23. The molecule has 2 heterocycles. The van der Waals surface area contributed by atoms with Gasteiger partial charge in [0.15, 0.2) is 0 Å². The van der Waals surface area contributed by atoms with Crippen molar-refractivity contribution in [2.45, 2.75) is 26.2 Å². The van der Waals surface area contributed by atoms with Crippen molar-refractivity contribution in [3.63, 3.8) is 0 Å². The third-order valence-electron chi connectivity index (χ3n) is 4.10. The molecule has 0 saturated carbocycles. The van der Waals surface area contributed by atoms with Gasteiger partial charge in [-0.2, -0.15) is 5.10 Å². The Hall–Kier alpha value is -2.36. The molecule has 21 heavy (non-hydrogen) atoms. The second kappa shape index (κ2) is 5.56. The average molecular weight is 280 g/mol. The minimum atomic E-state index is 0.252. The van der Waals surface area contributed by atoms with Gasteiger partial charge >= 0.3 is 0 Å². The summed E-state index contributed by atoms with van der Waals surface area (Å²) in [6.07, 6.45) is 6.51. The number of nitrogens with one attached hydrogen (secondary N) is 1. The van der Waals surface area contributed by atoms with Gasteiger partial charge < -0.3 is 4.98 Å². The lowest BCUT2D eigenvalue weighted by atomic mass is 9.87. The highest BCUT2D eigenvalue weighted by Gasteiger charge is 2.20. The highest BCUT2D eigenvalue weighted by molar-refractivity contribution is 5.39. The molecule has 0 aliphatic carbocycles. The van der Waals surface area contributed by atoms with Crippen molar-refractivity contribution in [2.75, 3.05) is 0 Å². The van der Waals surface area contributed by atoms with Gasteiger partial charge in [-0.25, -0.2) is 4.98 Å². The lowest BCUT2D eigenvalue weighted by molar-refractivity contribution is 0.702. The van der Waals surface area contributed by atoms with E-state index in [0.29, 0.717) is 0 Å². The van der Waals surface area contributed by atoms with E-state index in [2.05, 4.69) is 53.2 Å². The summed E-state index contributed by atoms with van der Waals surface area (Å²) < 4.78 is 1.85. The molecular formula is C17H20N4. The summed E-state index contributed by atoms with van der Waals surface area (Å²) in [5.74, 6) is 0.252. The molecule has 1 atom stereocenters. The van der Waals surface area contributed by atoms with Crippen LogP contribution in [0.5, 0.6) is 0 Å². The fourth-order valence-electron chi connectivity index (χ4n) is 2.78. The van der Waals surface area contributed by atoms with E-state index < -0.39 is 0 Å². The van der Waals surface area contributed by atoms with Gasteiger partial charge in [-0.3, -0.25) is 4.68 Å². The van der Waals surface area contributed by atoms with Gasteiger partial charge in [0.1, 0.15) is 0 Å². The van der Waals surface area contributed by atoms with Crippen LogP contribution < -0.4 is 0 Å². The Labute approximate surface area is 124 Å². The molecule has 0 fully saturated rings. The Morgan fingerprint density at radius 1 is 1.24 bits per heavy atom. The number of aryl methyl sites for hydroxylation is 2. The van der Waals surface area contributed by atoms with Crippen molar-refractivity contribution in [1.29, 1.82) is 0 Å². The topological polar surface area (TPSA) is 46.5 Å². The summed E-state index contributed by atoms with van der Waals surface area (Å²) in [5, 5.41) is 4.52. The number of nitrogens with zero attached hydrogens (tertiary/aromatic N) is 3. The number of imidazole rings is 1. The van der Waals surface area contributed by atoms with Crippen LogP contribution in [0.4, 0.5) is 0 Å². The van der Waals surface area contributed by atoms with Crippen molar-refractivity contribution in [2.24, 2.45) is 7.05 Å². The van der Waals surface area contributed by atoms with Crippen molar-refractivity contribution < 1.29 is 0 Å². The van der Waals surface area contributed by atoms with E-state index in [1.54, 1.807) is 6.33 Å². The highest BCUT2D eigenvalue weighted by Crippen LogP contribution is 2.30. The van der Waals surface area contributed by atoms with Crippen LogP contribution in [0, 0.1) is 13.8 Å². The molecule has 4 nitrogen and oxygen atoms in total. The molecule has 0 unspecified atom stereocenters. The molecule has 1 aromatic carbocycles. The lowest BCUT2D eigenvalue weighted by Crippen LogP contribution is -2.09. The number of hydrogen-bond acceptors (Lipinski definition) is 2. The van der Waals surface area contributed by atoms with Gasteiger partial charge in [0.25, 0.3) is 0 Å². The van der Waals surface area contributed by atoms with Crippen molar-refractivity contribution in [3.05, 3.63) is 71.1 Å². The summed E-state index contributed by atoms with van der Waals surface area (Å²) in [7, 11) is 1.95. The molecule has 0 amide bonds. The van der Waals surface area contributed by atoms with Crippen LogP contribution in [0.3, 0.4) is 0 Å². The molecule has 0 aliphatic rings. The minimum Gasteiger partial charge on any atom is -0.348 e. The lowest BCUT2D eigenvalue weighted by Gasteiger charge is -2.18. The Balaban J connectivity index is 2.02. The van der Waals surface area contributed by atoms with Crippen molar-refractivity contribution in [3.8, 4) is 0 Å². The van der Waals surface area contributed by atoms with Crippen LogP contribution in [0.25, 0.3) is 0 Å². The van der Waals surface area contributed by atoms with Gasteiger partial charge in [0.05, 0.1) is 12.0 Å². The number of benzene rings is 1. The first-order chi connectivity index (χ1) is 10.1. The first-order valence-electron chi connectivity index (χ1n) is 7.18. The molecule has 3 rings (SSSR count). The predicted octanol–water partition coefficient (Wildman–Crippen LogP) is 3.13. The van der Waals surface area contributed by atoms with Crippen LogP contribution in [0.2, 0.25) is 0 Å². The average Bonchev–Trinajstić information content (AvgIpc) is 3.11. The molecule has 3 aromatic rings. The van der Waals surface area contributed by atoms with Crippen LogP contribution in [-0.2, 0) is 13.5 Å². The van der Waals surface area contributed by atoms with Gasteiger partial charge in [-0.15, -0.1) is 0 Å². The summed E-state index contributed by atoms with van der Waals surface area (Å²) in [6.45, 7) is 4.34. The predicted molar refractivity (Wildman–Crippen MR) is 83.3 cm³/mol. The fraction of sp³-hybridized carbons (Fsp3) is 0.294. The van der Waals surface area contributed by atoms with E-state index in [-0.39, 0.29) is 5.92 Å². The maximum atomic E-state index is 4.52. The minimum absolute atomic E-state index is 0.252. The summed E-state index contributed by atoms with van der Waals surface area (Å²) >= 11 is 0. The van der Waals surface area contributed by atoms with Gasteiger partial charge in [0, 0.05) is 37.5 Å². The first-order valence-corrected chi connectivity index (χ1v) is 7.18. The van der Waals surface area contributed by atoms with Gasteiger partial charge in [-0.1, -0.05) is 18.2 Å². The fourth-order valence-corrected chi connectivity index (χ4v) is 2.78. The first kappa shape index (κ1) is 13.6. The molecular weight excluding hydrogens is 260 g/mol. The van der Waals surface area contributed by atoms with E-state index in [1.165, 1.54) is 16.7 Å². The summed E-state index contributed by atoms with van der Waals surface area (Å²) in [6, 6.07) is 8.56. The van der Waals surface area contributed by atoms with Crippen LogP contribution in [0.15, 0.2) is 43.0 Å². The number of aromatic amines is 1. The van der Waals surface area contributed by atoms with E-state index in [4.69, 9.17) is 0 Å². The molecule has 0 radical (unpaired) electrons. The standard InChI is InChI=1S/C17H20N4/c1-12-5-4-6-15(13(12)2)16(17-10-18-11-19-17)9-14-7-8-21(3)20-14/h4-8,10-11,16H,9H2,1-3H3,(H,18,19)/t16-/m0/s1. The highest BCUT2D eigenvalue weighted by atomic mass is 15.2. The maximum Gasteiger partial charge on any atom is 0.0921 e. The number of aromatic nitrogens is 4. The van der Waals surface area contributed by atoms with E-state index in [1.807, 2.05) is 24.1 Å². The maximum absolute atomic E-state index is 4.52. The largest absolute Gasteiger partial charge is 0.348 e. The molecule has 0 bridgehead atoms. The second-order valence-corrected chi connectivity index (χ2v) is 5.53. The molecule has 108 valence electrons. The Morgan fingerprint density at radius 3 is 2.76 bits per heavy atom. The molecule has 0 aliphatic heterocycles. The third-order valence-corrected chi connectivity index (χ3v) is 4.10. The zero-order chi connectivity index (χ0) is 14.8. The summed E-state index contributed by atoms with van der Waals surface area (Å²) in [4.78, 5) is 7.45. The van der Waals surface area contributed by atoms with E-state index in [0.717, 1.165) is 17.8 Å². The molecule has 4 heteroatoms. The third kappa shape index (κ3) is 2.75. The van der Waals surface area contributed by atoms with E-state index in [9.17, 15) is 0 Å². The second-order valence-electron chi connectivity index (χ2n) is 5.53.